The van der Waals surface area contributed by atoms with E-state index in [-0.39, 0.29) is 11.3 Å². The summed E-state index contributed by atoms with van der Waals surface area (Å²) >= 11 is 6.93. The molecule has 4 nitrogen and oxygen atoms in total. The molecule has 0 fully saturated rings. The number of halogens is 2. The molecular weight excluding hydrogens is 374 g/mol. The molecule has 0 atom stereocenters. The lowest BCUT2D eigenvalue weighted by Crippen LogP contribution is -2.32. The molecule has 1 rings (SSSR count). The zero-order chi connectivity index (χ0) is 14.5. The van der Waals surface area contributed by atoms with Crippen molar-refractivity contribution in [3.8, 4) is 0 Å². The van der Waals surface area contributed by atoms with E-state index in [0.717, 1.165) is 34.0 Å². The van der Waals surface area contributed by atoms with Gasteiger partial charge in [0.2, 0.25) is 0 Å². The van der Waals surface area contributed by atoms with Crippen molar-refractivity contribution in [1.82, 2.24) is 0 Å². The average molecular weight is 393 g/mol. The quantitative estimate of drug-likeness (QED) is 0.223. The first-order valence-electron chi connectivity index (χ1n) is 6.04. The third-order valence-corrected chi connectivity index (χ3v) is 4.18. The lowest BCUT2D eigenvalue weighted by atomic mass is 9.86. The van der Waals surface area contributed by atoms with Crippen LogP contribution in [0.4, 0.5) is 5.69 Å². The van der Waals surface area contributed by atoms with Crippen LogP contribution >= 0.6 is 31.9 Å². The monoisotopic (exact) mass is 391 g/mol. The van der Waals surface area contributed by atoms with Gasteiger partial charge in [-0.1, -0.05) is 34.9 Å². The van der Waals surface area contributed by atoms with E-state index in [1.54, 1.807) is 0 Å². The highest BCUT2D eigenvalue weighted by Crippen LogP contribution is 2.27. The SMILES string of the molecule is CC(C)(CCCNc1ccc(Br)cc1Br)C(N)=NO. The van der Waals surface area contributed by atoms with Gasteiger partial charge in [-0.25, -0.2) is 0 Å². The number of nitrogens with zero attached hydrogens (tertiary/aromatic N) is 1. The minimum Gasteiger partial charge on any atom is -0.409 e. The average Bonchev–Trinajstić information content (AvgIpc) is 2.35. The van der Waals surface area contributed by atoms with Crippen LogP contribution in [0.1, 0.15) is 26.7 Å². The Balaban J connectivity index is 2.43. The van der Waals surface area contributed by atoms with Crippen molar-refractivity contribution in [2.24, 2.45) is 16.3 Å². The van der Waals surface area contributed by atoms with Crippen molar-refractivity contribution in [3.63, 3.8) is 0 Å². The molecule has 0 aliphatic rings. The van der Waals surface area contributed by atoms with Crippen LogP contribution < -0.4 is 11.1 Å². The van der Waals surface area contributed by atoms with Gasteiger partial charge >= 0.3 is 0 Å². The number of anilines is 1. The molecule has 0 bridgehead atoms. The summed E-state index contributed by atoms with van der Waals surface area (Å²) in [5.74, 6) is 0.275. The smallest absolute Gasteiger partial charge is 0.144 e. The molecule has 0 aromatic heterocycles. The van der Waals surface area contributed by atoms with Crippen LogP contribution in [0.15, 0.2) is 32.3 Å². The molecule has 0 unspecified atom stereocenters. The molecule has 1 aromatic carbocycles. The van der Waals surface area contributed by atoms with E-state index >= 15 is 0 Å². The van der Waals surface area contributed by atoms with Gasteiger partial charge in [-0.05, 0) is 47.0 Å². The Morgan fingerprint density at radius 2 is 2.11 bits per heavy atom. The van der Waals surface area contributed by atoms with Gasteiger partial charge in [0.15, 0.2) is 0 Å². The fourth-order valence-electron chi connectivity index (χ4n) is 1.65. The second kappa shape index (κ2) is 7.14. The Morgan fingerprint density at radius 1 is 1.42 bits per heavy atom. The number of benzene rings is 1. The number of hydrogen-bond donors (Lipinski definition) is 3. The molecule has 1 aromatic rings. The fraction of sp³-hybridized carbons (Fsp3) is 0.462. The minimum atomic E-state index is -0.284. The molecule has 19 heavy (non-hydrogen) atoms. The molecule has 0 amide bonds. The normalized spacial score (nSPS) is 12.5. The summed E-state index contributed by atoms with van der Waals surface area (Å²) in [6.07, 6.45) is 1.79. The lowest BCUT2D eigenvalue weighted by Gasteiger charge is -2.22. The van der Waals surface area contributed by atoms with Gasteiger partial charge < -0.3 is 16.3 Å². The molecule has 0 saturated carbocycles. The van der Waals surface area contributed by atoms with E-state index in [9.17, 15) is 0 Å². The highest BCUT2D eigenvalue weighted by molar-refractivity contribution is 9.11. The topological polar surface area (TPSA) is 70.6 Å². The Kier molecular flexibility index (Phi) is 6.13. The number of nitrogens with two attached hydrogens (primary N) is 1. The van der Waals surface area contributed by atoms with E-state index in [1.807, 2.05) is 32.0 Å². The summed E-state index contributed by atoms with van der Waals surface area (Å²) in [7, 11) is 0. The van der Waals surface area contributed by atoms with Crippen LogP contribution in [0.3, 0.4) is 0 Å². The van der Waals surface area contributed by atoms with Gasteiger partial charge in [0.25, 0.3) is 0 Å². The first kappa shape index (κ1) is 16.3. The lowest BCUT2D eigenvalue weighted by molar-refractivity contribution is 0.305. The maximum Gasteiger partial charge on any atom is 0.144 e. The molecular formula is C13H19Br2N3O. The van der Waals surface area contributed by atoms with E-state index in [4.69, 9.17) is 10.9 Å². The Hall–Kier alpha value is -0.750. The molecule has 106 valence electrons. The largest absolute Gasteiger partial charge is 0.409 e. The van der Waals surface area contributed by atoms with E-state index in [2.05, 4.69) is 42.3 Å². The summed E-state index contributed by atoms with van der Waals surface area (Å²) in [4.78, 5) is 0. The van der Waals surface area contributed by atoms with Crippen molar-refractivity contribution in [3.05, 3.63) is 27.1 Å². The van der Waals surface area contributed by atoms with Gasteiger partial charge in [-0.15, -0.1) is 0 Å². The molecule has 6 heteroatoms. The van der Waals surface area contributed by atoms with Crippen LogP contribution in [0.5, 0.6) is 0 Å². The third kappa shape index (κ3) is 5.03. The highest BCUT2D eigenvalue weighted by atomic mass is 79.9. The number of amidine groups is 1. The predicted octanol–water partition coefficient (Wildman–Crippen LogP) is 4.18. The Morgan fingerprint density at radius 3 is 2.68 bits per heavy atom. The molecule has 0 heterocycles. The minimum absolute atomic E-state index is 0.275. The highest BCUT2D eigenvalue weighted by Gasteiger charge is 2.22. The number of hydrogen-bond acceptors (Lipinski definition) is 3. The summed E-state index contributed by atoms with van der Waals surface area (Å²) < 4.78 is 2.07. The van der Waals surface area contributed by atoms with Crippen LogP contribution in [0.2, 0.25) is 0 Å². The standard InChI is InChI=1S/C13H19Br2N3O/c1-13(2,12(16)18-19)6-3-7-17-11-5-4-9(14)8-10(11)15/h4-5,8,17,19H,3,6-7H2,1-2H3,(H2,16,18). The molecule has 0 spiro atoms. The summed E-state index contributed by atoms with van der Waals surface area (Å²) in [5.41, 5.74) is 6.43. The van der Waals surface area contributed by atoms with E-state index in [0.29, 0.717) is 0 Å². The van der Waals surface area contributed by atoms with Crippen LogP contribution in [-0.2, 0) is 0 Å². The molecule has 0 saturated heterocycles. The second-order valence-electron chi connectivity index (χ2n) is 5.02. The van der Waals surface area contributed by atoms with Gasteiger partial charge in [0.05, 0.1) is 0 Å². The van der Waals surface area contributed by atoms with Crippen molar-refractivity contribution >= 4 is 43.4 Å². The summed E-state index contributed by atoms with van der Waals surface area (Å²) in [6.45, 7) is 4.78. The first-order chi connectivity index (χ1) is 8.86. The number of oxime groups is 1. The maximum atomic E-state index is 8.70. The Labute approximate surface area is 130 Å². The predicted molar refractivity (Wildman–Crippen MR) is 86.8 cm³/mol. The van der Waals surface area contributed by atoms with Crippen LogP contribution in [-0.4, -0.2) is 17.6 Å². The first-order valence-corrected chi connectivity index (χ1v) is 7.62. The molecule has 0 aliphatic heterocycles. The van der Waals surface area contributed by atoms with Gasteiger partial charge in [0, 0.05) is 26.6 Å². The van der Waals surface area contributed by atoms with Crippen molar-refractivity contribution in [2.45, 2.75) is 26.7 Å². The number of nitrogens with one attached hydrogen (secondary N) is 1. The van der Waals surface area contributed by atoms with Gasteiger partial charge in [0.1, 0.15) is 5.84 Å². The zero-order valence-electron chi connectivity index (χ0n) is 11.1. The van der Waals surface area contributed by atoms with Gasteiger partial charge in [-0.3, -0.25) is 0 Å². The molecule has 0 aliphatic carbocycles. The Bertz CT molecular complexity index is 461. The number of rotatable bonds is 6. The van der Waals surface area contributed by atoms with Gasteiger partial charge in [-0.2, -0.15) is 0 Å². The zero-order valence-corrected chi connectivity index (χ0v) is 14.3. The van der Waals surface area contributed by atoms with Crippen molar-refractivity contribution < 1.29 is 5.21 Å². The molecule has 4 N–H and O–H groups in total. The third-order valence-electron chi connectivity index (χ3n) is 3.03. The van der Waals surface area contributed by atoms with Crippen LogP contribution in [0.25, 0.3) is 0 Å². The van der Waals surface area contributed by atoms with Crippen LogP contribution in [0, 0.1) is 5.41 Å². The second-order valence-corrected chi connectivity index (χ2v) is 6.79. The van der Waals surface area contributed by atoms with Crippen molar-refractivity contribution in [1.29, 1.82) is 0 Å². The van der Waals surface area contributed by atoms with E-state index in [1.165, 1.54) is 0 Å². The summed E-state index contributed by atoms with van der Waals surface area (Å²) in [5, 5.41) is 15.1. The summed E-state index contributed by atoms with van der Waals surface area (Å²) in [6, 6.07) is 6.01. The van der Waals surface area contributed by atoms with Crippen molar-refractivity contribution in [2.75, 3.05) is 11.9 Å². The maximum absolute atomic E-state index is 8.70. The fourth-order valence-corrected chi connectivity index (χ4v) is 2.84. The molecule has 0 radical (unpaired) electrons. The van der Waals surface area contributed by atoms with E-state index < -0.39 is 0 Å².